The van der Waals surface area contributed by atoms with Gasteiger partial charge in [-0.3, -0.25) is 0 Å². The molecular formula is C36H66MgO4. The maximum absolute atomic E-state index is 10.2. The van der Waals surface area contributed by atoms with Crippen LogP contribution in [0.4, 0.5) is 0 Å². The first-order valence-corrected chi connectivity index (χ1v) is 17.2. The summed E-state index contributed by atoms with van der Waals surface area (Å²) >= 11 is 0. The van der Waals surface area contributed by atoms with Crippen LogP contribution in [0.25, 0.3) is 0 Å². The molecule has 0 fully saturated rings. The zero-order chi connectivity index (χ0) is 29.8. The second-order valence-corrected chi connectivity index (χ2v) is 11.4. The fourth-order valence-corrected chi connectivity index (χ4v) is 4.68. The Morgan fingerprint density at radius 1 is 0.390 bits per heavy atom. The molecule has 4 nitrogen and oxygen atoms in total. The number of allylic oxidation sites excluding steroid dienone is 4. The van der Waals surface area contributed by atoms with Crippen LogP contribution in [0.15, 0.2) is 24.3 Å². The number of carbonyl (C=O) groups is 2. The largest absolute Gasteiger partial charge is 2.00 e. The van der Waals surface area contributed by atoms with Gasteiger partial charge in [0.25, 0.3) is 0 Å². The molecule has 0 spiro atoms. The van der Waals surface area contributed by atoms with Crippen molar-refractivity contribution in [2.75, 3.05) is 0 Å². The van der Waals surface area contributed by atoms with Crippen LogP contribution in [0.1, 0.15) is 194 Å². The van der Waals surface area contributed by atoms with Crippen LogP contribution >= 0.6 is 0 Å². The fraction of sp³-hybridized carbons (Fsp3) is 0.833. The van der Waals surface area contributed by atoms with Crippen LogP contribution in [-0.4, -0.2) is 35.0 Å². The van der Waals surface area contributed by atoms with E-state index in [4.69, 9.17) is 0 Å². The zero-order valence-electron chi connectivity index (χ0n) is 27.4. The van der Waals surface area contributed by atoms with E-state index in [0.29, 0.717) is 0 Å². The molecule has 0 bridgehead atoms. The number of hydrogen-bond acceptors (Lipinski definition) is 4. The van der Waals surface area contributed by atoms with Crippen LogP contribution in [0, 0.1) is 0 Å². The molecule has 0 aromatic carbocycles. The smallest absolute Gasteiger partial charge is 0.550 e. The first kappa shape index (κ1) is 44.6. The summed E-state index contributed by atoms with van der Waals surface area (Å²) in [6.07, 6.45) is 41.8. The number of aliphatic carboxylic acids is 2. The summed E-state index contributed by atoms with van der Waals surface area (Å²) in [5, 5.41) is 20.4. The quantitative estimate of drug-likeness (QED) is 0.0477. The molecule has 0 saturated carbocycles. The van der Waals surface area contributed by atoms with Crippen LogP contribution in [0.5, 0.6) is 0 Å². The molecule has 5 heteroatoms. The third-order valence-electron chi connectivity index (χ3n) is 7.29. The summed E-state index contributed by atoms with van der Waals surface area (Å²) in [6.45, 7) is 4.51. The minimum Gasteiger partial charge on any atom is -0.550 e. The molecule has 0 saturated heterocycles. The van der Waals surface area contributed by atoms with Crippen molar-refractivity contribution in [1.82, 2.24) is 0 Å². The van der Waals surface area contributed by atoms with Crippen LogP contribution in [0.3, 0.4) is 0 Å². The van der Waals surface area contributed by atoms with Crippen LogP contribution in [0.2, 0.25) is 0 Å². The van der Waals surface area contributed by atoms with E-state index in [2.05, 4.69) is 38.2 Å². The summed E-state index contributed by atoms with van der Waals surface area (Å²) < 4.78 is 0. The van der Waals surface area contributed by atoms with Gasteiger partial charge in [-0.25, -0.2) is 0 Å². The Balaban J connectivity index is -0.000000688. The first-order chi connectivity index (χ1) is 19.5. The van der Waals surface area contributed by atoms with Gasteiger partial charge in [-0.2, -0.15) is 0 Å². The molecule has 0 unspecified atom stereocenters. The van der Waals surface area contributed by atoms with E-state index < -0.39 is 11.9 Å². The average Bonchev–Trinajstić information content (AvgIpc) is 2.93. The second kappa shape index (κ2) is 41.3. The fourth-order valence-electron chi connectivity index (χ4n) is 4.68. The van der Waals surface area contributed by atoms with Gasteiger partial charge in [-0.05, 0) is 77.0 Å². The molecule has 0 aliphatic rings. The predicted molar refractivity (Wildman–Crippen MR) is 175 cm³/mol. The molecule has 0 aromatic heterocycles. The van der Waals surface area contributed by atoms with E-state index >= 15 is 0 Å². The zero-order valence-corrected chi connectivity index (χ0v) is 28.9. The average molecular weight is 587 g/mol. The standard InChI is InChI=1S/2C18H34O2.Mg/c2*1-2-3-4-5-6-7-8-9-10-11-12-13-14-15-16-17-18(19)20;/h2*9-10H,2-8,11-17H2,1H3,(H,19,20);/q;;+2/p-2/b2*10-9+;. The Bertz CT molecular complexity index is 524. The van der Waals surface area contributed by atoms with E-state index in [-0.39, 0.29) is 35.9 Å². The Hall–Kier alpha value is -0.814. The third-order valence-corrected chi connectivity index (χ3v) is 7.29. The van der Waals surface area contributed by atoms with Crippen molar-refractivity contribution in [2.45, 2.75) is 194 Å². The monoisotopic (exact) mass is 586 g/mol. The van der Waals surface area contributed by atoms with Gasteiger partial charge in [0, 0.05) is 11.9 Å². The summed E-state index contributed by atoms with van der Waals surface area (Å²) in [5.41, 5.74) is 0. The van der Waals surface area contributed by atoms with E-state index in [1.165, 1.54) is 128 Å². The molecule has 0 aliphatic carbocycles. The van der Waals surface area contributed by atoms with Crippen LogP contribution < -0.4 is 10.2 Å². The van der Waals surface area contributed by atoms with Crippen molar-refractivity contribution >= 4 is 35.0 Å². The molecule has 0 aromatic rings. The predicted octanol–water partition coefficient (Wildman–Crippen LogP) is 9.17. The number of hydrogen-bond donors (Lipinski definition) is 0. The molecule has 0 amide bonds. The second-order valence-electron chi connectivity index (χ2n) is 11.4. The van der Waals surface area contributed by atoms with Crippen molar-refractivity contribution < 1.29 is 19.8 Å². The molecular weight excluding hydrogens is 521 g/mol. The van der Waals surface area contributed by atoms with Gasteiger partial charge in [0.15, 0.2) is 0 Å². The maximum atomic E-state index is 10.2. The number of unbranched alkanes of at least 4 members (excludes halogenated alkanes) is 22. The molecule has 0 atom stereocenters. The molecule has 0 aliphatic heterocycles. The van der Waals surface area contributed by atoms with Gasteiger partial charge in [0.2, 0.25) is 0 Å². The van der Waals surface area contributed by atoms with Gasteiger partial charge in [-0.15, -0.1) is 0 Å². The van der Waals surface area contributed by atoms with Gasteiger partial charge in [-0.1, -0.05) is 141 Å². The Kier molecular flexibility index (Phi) is 45.0. The number of carbonyl (C=O) groups excluding carboxylic acids is 2. The minimum absolute atomic E-state index is 0. The molecule has 0 N–H and O–H groups in total. The third kappa shape index (κ3) is 49.2. The van der Waals surface area contributed by atoms with Crippen molar-refractivity contribution in [3.63, 3.8) is 0 Å². The number of carboxylic acids is 2. The maximum Gasteiger partial charge on any atom is 2.00 e. The topological polar surface area (TPSA) is 80.3 Å². The van der Waals surface area contributed by atoms with Crippen molar-refractivity contribution in [2.24, 2.45) is 0 Å². The molecule has 0 rings (SSSR count). The van der Waals surface area contributed by atoms with Gasteiger partial charge >= 0.3 is 23.1 Å². The first-order valence-electron chi connectivity index (χ1n) is 17.2. The molecule has 41 heavy (non-hydrogen) atoms. The van der Waals surface area contributed by atoms with Gasteiger partial charge < -0.3 is 19.8 Å². The van der Waals surface area contributed by atoms with Crippen LogP contribution in [-0.2, 0) is 9.59 Å². The summed E-state index contributed by atoms with van der Waals surface area (Å²) in [4.78, 5) is 20.4. The number of carboxylic acid groups (broad SMARTS) is 2. The summed E-state index contributed by atoms with van der Waals surface area (Å²) in [5.74, 6) is -1.83. The van der Waals surface area contributed by atoms with Gasteiger partial charge in [0.05, 0.1) is 0 Å². The molecule has 0 radical (unpaired) electrons. The van der Waals surface area contributed by atoms with Crippen molar-refractivity contribution in [1.29, 1.82) is 0 Å². The molecule has 0 heterocycles. The SMILES string of the molecule is CCCCCCCC/C=C/CCCCCCCC(=O)[O-].CCCCCCCC/C=C/CCCCCCCC(=O)[O-].[Mg+2]. The Labute approximate surface area is 271 Å². The Morgan fingerprint density at radius 3 is 0.854 bits per heavy atom. The van der Waals surface area contributed by atoms with E-state index in [1.54, 1.807) is 0 Å². The summed E-state index contributed by atoms with van der Waals surface area (Å²) in [7, 11) is 0. The summed E-state index contributed by atoms with van der Waals surface area (Å²) in [6, 6.07) is 0. The normalized spacial score (nSPS) is 11.0. The van der Waals surface area contributed by atoms with E-state index in [1.807, 2.05) is 0 Å². The van der Waals surface area contributed by atoms with Crippen molar-refractivity contribution in [3.05, 3.63) is 24.3 Å². The van der Waals surface area contributed by atoms with Gasteiger partial charge in [0.1, 0.15) is 0 Å². The number of rotatable bonds is 30. The van der Waals surface area contributed by atoms with E-state index in [0.717, 1.165) is 38.5 Å². The molecule has 236 valence electrons. The van der Waals surface area contributed by atoms with E-state index in [9.17, 15) is 19.8 Å². The van der Waals surface area contributed by atoms with Crippen molar-refractivity contribution in [3.8, 4) is 0 Å². The minimum atomic E-state index is -0.914. The Morgan fingerprint density at radius 2 is 0.610 bits per heavy atom.